The van der Waals surface area contributed by atoms with E-state index in [0.717, 1.165) is 10.9 Å². The molecule has 2 aliphatic heterocycles. The van der Waals surface area contributed by atoms with E-state index in [4.69, 9.17) is 16.3 Å². The number of para-hydroxylation sites is 1. The van der Waals surface area contributed by atoms with Crippen LogP contribution in [0, 0.1) is 0 Å². The van der Waals surface area contributed by atoms with Gasteiger partial charge in [0.1, 0.15) is 5.69 Å². The summed E-state index contributed by atoms with van der Waals surface area (Å²) in [5.74, 6) is -0.0627. The van der Waals surface area contributed by atoms with Gasteiger partial charge in [0.25, 0.3) is 5.91 Å². The number of hydrogen-bond acceptors (Lipinski definition) is 3. The van der Waals surface area contributed by atoms with Crippen LogP contribution in [-0.2, 0) is 11.8 Å². The molecule has 0 bridgehead atoms. The van der Waals surface area contributed by atoms with E-state index in [-0.39, 0.29) is 12.0 Å². The largest absolute Gasteiger partial charge is 0.439 e. The second kappa shape index (κ2) is 5.14. The lowest BCUT2D eigenvalue weighted by Gasteiger charge is -2.22. The summed E-state index contributed by atoms with van der Waals surface area (Å²) in [5, 5.41) is 1.56. The van der Waals surface area contributed by atoms with Crippen LogP contribution in [0.3, 0.4) is 0 Å². The number of aryl methyl sites for hydroxylation is 1. The molecule has 0 aliphatic carbocycles. The number of aromatic nitrogens is 1. The Balaban J connectivity index is 1.63. The molecular weight excluding hydrogens is 330 g/mol. The first kappa shape index (κ1) is 15.3. The fraction of sp³-hybridized carbons (Fsp3) is 0.412. The van der Waals surface area contributed by atoms with Gasteiger partial charge in [-0.05, 0) is 12.1 Å². The molecule has 1 atom stereocenters. The minimum absolute atomic E-state index is 0.0627. The number of fused-ring (bicyclic) bond motifs is 1. The zero-order valence-corrected chi connectivity index (χ0v) is 14.3. The summed E-state index contributed by atoms with van der Waals surface area (Å²) < 4.78 is 7.34. The van der Waals surface area contributed by atoms with Crippen molar-refractivity contribution in [2.45, 2.75) is 12.0 Å². The van der Waals surface area contributed by atoms with Crippen molar-refractivity contribution in [3.63, 3.8) is 0 Å². The number of ether oxygens (including phenoxy) is 1. The molecule has 0 radical (unpaired) electrons. The normalized spacial score (nSPS) is 23.5. The second-order valence-corrected chi connectivity index (χ2v) is 7.06. The van der Waals surface area contributed by atoms with Gasteiger partial charge in [0, 0.05) is 32.4 Å². The Labute approximate surface area is 144 Å². The van der Waals surface area contributed by atoms with Gasteiger partial charge in [0.15, 0.2) is 5.60 Å². The molecule has 2 amide bonds. The number of benzene rings is 1. The Hall–Kier alpha value is -2.21. The molecule has 24 heavy (non-hydrogen) atoms. The number of likely N-dealkylation sites (N-methyl/N-ethyl adjacent to an activating group) is 1. The number of rotatable bonds is 1. The molecule has 3 heterocycles. The molecule has 1 spiro atoms. The maximum atomic E-state index is 13.0. The highest BCUT2D eigenvalue weighted by atomic mass is 35.5. The number of carbonyl (C=O) groups is 2. The van der Waals surface area contributed by atoms with Crippen LogP contribution in [0.15, 0.2) is 24.3 Å². The summed E-state index contributed by atoms with van der Waals surface area (Å²) in [6, 6.07) is 7.49. The van der Waals surface area contributed by atoms with Gasteiger partial charge in [-0.3, -0.25) is 4.79 Å². The third kappa shape index (κ3) is 2.17. The van der Waals surface area contributed by atoms with E-state index in [2.05, 4.69) is 0 Å². The van der Waals surface area contributed by atoms with E-state index in [9.17, 15) is 9.59 Å². The number of amides is 2. The van der Waals surface area contributed by atoms with Crippen molar-refractivity contribution in [2.75, 3.05) is 26.7 Å². The molecule has 7 heteroatoms. The van der Waals surface area contributed by atoms with Gasteiger partial charge in [0.2, 0.25) is 0 Å². The van der Waals surface area contributed by atoms with Crippen LogP contribution in [-0.4, -0.2) is 58.7 Å². The van der Waals surface area contributed by atoms with Crippen LogP contribution < -0.4 is 0 Å². The highest BCUT2D eigenvalue weighted by Gasteiger charge is 2.49. The number of likely N-dealkylation sites (tertiary alicyclic amines) is 1. The van der Waals surface area contributed by atoms with Crippen LogP contribution in [0.25, 0.3) is 10.9 Å². The number of halogens is 1. The molecular formula is C17H18ClN3O3. The second-order valence-electron chi connectivity index (χ2n) is 6.65. The first-order valence-corrected chi connectivity index (χ1v) is 8.25. The van der Waals surface area contributed by atoms with Gasteiger partial charge < -0.3 is 19.1 Å². The molecule has 2 aliphatic rings. The van der Waals surface area contributed by atoms with Gasteiger partial charge in [-0.15, -0.1) is 0 Å². The molecule has 126 valence electrons. The van der Waals surface area contributed by atoms with Crippen LogP contribution in [0.1, 0.15) is 16.9 Å². The molecule has 0 N–H and O–H groups in total. The quantitative estimate of drug-likeness (QED) is 0.796. The molecule has 1 unspecified atom stereocenters. The predicted octanol–water partition coefficient (Wildman–Crippen LogP) is 2.50. The fourth-order valence-electron chi connectivity index (χ4n) is 3.76. The van der Waals surface area contributed by atoms with Crippen molar-refractivity contribution < 1.29 is 14.3 Å². The van der Waals surface area contributed by atoms with Crippen molar-refractivity contribution in [1.82, 2.24) is 14.4 Å². The van der Waals surface area contributed by atoms with Gasteiger partial charge in [-0.1, -0.05) is 23.7 Å². The highest BCUT2D eigenvalue weighted by Crippen LogP contribution is 2.33. The van der Waals surface area contributed by atoms with Crippen molar-refractivity contribution in [3.05, 3.63) is 35.0 Å². The topological polar surface area (TPSA) is 54.8 Å². The summed E-state index contributed by atoms with van der Waals surface area (Å²) in [7, 11) is 3.56. The predicted molar refractivity (Wildman–Crippen MR) is 90.3 cm³/mol. The van der Waals surface area contributed by atoms with Crippen molar-refractivity contribution in [3.8, 4) is 0 Å². The summed E-state index contributed by atoms with van der Waals surface area (Å²) >= 11 is 6.26. The van der Waals surface area contributed by atoms with E-state index in [1.165, 1.54) is 0 Å². The zero-order valence-electron chi connectivity index (χ0n) is 13.6. The average molecular weight is 348 g/mol. The Morgan fingerprint density at radius 1 is 1.29 bits per heavy atom. The molecule has 2 fully saturated rings. The minimum Gasteiger partial charge on any atom is -0.439 e. The van der Waals surface area contributed by atoms with Crippen LogP contribution in [0.5, 0.6) is 0 Å². The van der Waals surface area contributed by atoms with E-state index in [1.807, 2.05) is 35.9 Å². The Bertz CT molecular complexity index is 862. The van der Waals surface area contributed by atoms with Gasteiger partial charge in [-0.2, -0.15) is 0 Å². The number of nitrogens with zero attached hydrogens (tertiary/aromatic N) is 3. The minimum atomic E-state index is -0.566. The van der Waals surface area contributed by atoms with Crippen LogP contribution in [0.4, 0.5) is 4.79 Å². The first-order valence-electron chi connectivity index (χ1n) is 7.88. The zero-order chi connectivity index (χ0) is 17.1. The first-order chi connectivity index (χ1) is 11.4. The van der Waals surface area contributed by atoms with Crippen molar-refractivity contribution >= 4 is 34.5 Å². The maximum absolute atomic E-state index is 13.0. The summed E-state index contributed by atoms with van der Waals surface area (Å²) in [6.07, 6.45) is 0.347. The Morgan fingerprint density at radius 2 is 2.08 bits per heavy atom. The molecule has 2 aromatic rings. The van der Waals surface area contributed by atoms with Gasteiger partial charge in [0.05, 0.1) is 23.6 Å². The van der Waals surface area contributed by atoms with Gasteiger partial charge >= 0.3 is 6.09 Å². The maximum Gasteiger partial charge on any atom is 0.410 e. The molecule has 0 saturated carbocycles. The highest BCUT2D eigenvalue weighted by molar-refractivity contribution is 6.35. The summed E-state index contributed by atoms with van der Waals surface area (Å²) in [5.41, 5.74) is 0.875. The lowest BCUT2D eigenvalue weighted by molar-refractivity contribution is 0.0549. The lowest BCUT2D eigenvalue weighted by atomic mass is 10.0. The molecule has 6 nitrogen and oxygen atoms in total. The average Bonchev–Trinajstić information content (AvgIpc) is 3.17. The summed E-state index contributed by atoms with van der Waals surface area (Å²) in [4.78, 5) is 28.0. The number of hydrogen-bond donors (Lipinski definition) is 0. The molecule has 4 rings (SSSR count). The van der Waals surface area contributed by atoms with Crippen molar-refractivity contribution in [2.24, 2.45) is 7.05 Å². The monoisotopic (exact) mass is 347 g/mol. The van der Waals surface area contributed by atoms with E-state index in [0.29, 0.717) is 36.8 Å². The molecule has 2 saturated heterocycles. The smallest absolute Gasteiger partial charge is 0.410 e. The standard InChI is InChI=1S/C17H18ClN3O3/c1-19-9-17(24-16(19)23)6-7-21(10-17)15(22)13-8-11-4-3-5-12(18)14(11)20(13)2/h3-5,8H,6-7,9-10H2,1-2H3. The third-order valence-corrected chi connectivity index (χ3v) is 5.28. The van der Waals surface area contributed by atoms with E-state index in [1.54, 1.807) is 16.8 Å². The Morgan fingerprint density at radius 3 is 2.75 bits per heavy atom. The molecule has 1 aromatic carbocycles. The van der Waals surface area contributed by atoms with Gasteiger partial charge in [-0.25, -0.2) is 4.79 Å². The SMILES string of the molecule is CN1CC2(CCN(C(=O)c3cc4cccc(Cl)c4n3C)C2)OC1=O. The molecule has 1 aromatic heterocycles. The lowest BCUT2D eigenvalue weighted by Crippen LogP contribution is -2.39. The van der Waals surface area contributed by atoms with Crippen molar-refractivity contribution in [1.29, 1.82) is 0 Å². The number of carbonyl (C=O) groups excluding carboxylic acids is 2. The Kier molecular flexibility index (Phi) is 3.28. The van der Waals surface area contributed by atoms with E-state index < -0.39 is 5.60 Å². The van der Waals surface area contributed by atoms with E-state index >= 15 is 0 Å². The van der Waals surface area contributed by atoms with Crippen LogP contribution >= 0.6 is 11.6 Å². The van der Waals surface area contributed by atoms with Crippen LogP contribution in [0.2, 0.25) is 5.02 Å². The fourth-order valence-corrected chi connectivity index (χ4v) is 4.07. The third-order valence-electron chi connectivity index (χ3n) is 4.97. The summed E-state index contributed by atoms with van der Waals surface area (Å²) in [6.45, 7) is 1.53.